The number of halogens is 1. The predicted molar refractivity (Wildman–Crippen MR) is 89.9 cm³/mol. The lowest BCUT2D eigenvalue weighted by Crippen LogP contribution is -2.36. The first-order chi connectivity index (χ1) is 11.2. The zero-order valence-electron chi connectivity index (χ0n) is 12.5. The highest BCUT2D eigenvalue weighted by molar-refractivity contribution is 6.30. The summed E-state index contributed by atoms with van der Waals surface area (Å²) in [7, 11) is 0. The van der Waals surface area contributed by atoms with Crippen molar-refractivity contribution in [1.29, 1.82) is 5.26 Å². The number of rotatable bonds is 3. The number of hydrogen-bond acceptors (Lipinski definition) is 3. The molecule has 0 saturated carbocycles. The van der Waals surface area contributed by atoms with Gasteiger partial charge < -0.3 is 10.2 Å². The predicted octanol–water partition coefficient (Wildman–Crippen LogP) is 3.29. The van der Waals surface area contributed by atoms with Gasteiger partial charge in [-0.1, -0.05) is 35.9 Å². The number of carbonyl (C=O) groups is 1. The molecule has 4 nitrogen and oxygen atoms in total. The van der Waals surface area contributed by atoms with Crippen molar-refractivity contribution in [3.8, 4) is 17.3 Å². The van der Waals surface area contributed by atoms with Crippen molar-refractivity contribution in [1.82, 2.24) is 10.2 Å². The zero-order chi connectivity index (χ0) is 16.2. The van der Waals surface area contributed by atoms with E-state index in [9.17, 15) is 4.79 Å². The average molecular weight is 326 g/mol. The summed E-state index contributed by atoms with van der Waals surface area (Å²) in [4.78, 5) is 13.9. The number of amides is 1. The van der Waals surface area contributed by atoms with Crippen LogP contribution in [0.15, 0.2) is 48.5 Å². The van der Waals surface area contributed by atoms with E-state index in [0.717, 1.165) is 17.5 Å². The third-order valence-electron chi connectivity index (χ3n) is 3.97. The topological polar surface area (TPSA) is 56.1 Å². The Kier molecular flexibility index (Phi) is 4.50. The number of benzene rings is 2. The Labute approximate surface area is 140 Å². The van der Waals surface area contributed by atoms with Gasteiger partial charge in [-0.2, -0.15) is 5.26 Å². The fourth-order valence-electron chi connectivity index (χ4n) is 2.72. The quantitative estimate of drug-likeness (QED) is 0.881. The maximum absolute atomic E-state index is 12.3. The second-order valence-corrected chi connectivity index (χ2v) is 6.03. The summed E-state index contributed by atoms with van der Waals surface area (Å²) in [6.07, 6.45) is 2.91. The monoisotopic (exact) mass is 325 g/mol. The highest BCUT2D eigenvalue weighted by Gasteiger charge is 2.23. The number of hydrogen-bond donors (Lipinski definition) is 1. The molecule has 2 aromatic rings. The first kappa shape index (κ1) is 15.4. The Morgan fingerprint density at radius 3 is 2.65 bits per heavy atom. The van der Waals surface area contributed by atoms with Crippen LogP contribution in [0.4, 0.5) is 0 Å². The summed E-state index contributed by atoms with van der Waals surface area (Å²) in [5.41, 5.74) is 2.65. The van der Waals surface area contributed by atoms with Crippen LogP contribution in [0.1, 0.15) is 16.8 Å². The Balaban J connectivity index is 1.67. The van der Waals surface area contributed by atoms with Gasteiger partial charge >= 0.3 is 0 Å². The fraction of sp³-hybridized carbons (Fsp3) is 0.222. The molecule has 23 heavy (non-hydrogen) atoms. The molecule has 1 fully saturated rings. The second-order valence-electron chi connectivity index (χ2n) is 5.59. The lowest BCUT2D eigenvalue weighted by Gasteiger charge is -2.12. The third-order valence-corrected chi connectivity index (χ3v) is 4.21. The highest BCUT2D eigenvalue weighted by atomic mass is 35.5. The van der Waals surface area contributed by atoms with Gasteiger partial charge in [0.25, 0.3) is 5.91 Å². The van der Waals surface area contributed by atoms with E-state index in [1.165, 1.54) is 0 Å². The standard InChI is InChI=1S/C18H16ClN3O/c19-16-3-1-2-15(10-16)13-4-6-14(7-5-13)18(23)21-17-8-9-22(11-17)12-20/h1-7,10,17H,8-9,11H2,(H,21,23). The van der Waals surface area contributed by atoms with Crippen LogP contribution >= 0.6 is 11.6 Å². The van der Waals surface area contributed by atoms with Gasteiger partial charge in [-0.15, -0.1) is 0 Å². The van der Waals surface area contributed by atoms with Crippen molar-refractivity contribution in [2.24, 2.45) is 0 Å². The van der Waals surface area contributed by atoms with Gasteiger partial charge in [-0.05, 0) is 41.8 Å². The molecular weight excluding hydrogens is 310 g/mol. The van der Waals surface area contributed by atoms with E-state index in [4.69, 9.17) is 16.9 Å². The molecule has 0 aliphatic carbocycles. The van der Waals surface area contributed by atoms with Gasteiger partial charge in [0.05, 0.1) is 0 Å². The molecule has 2 aromatic carbocycles. The van der Waals surface area contributed by atoms with Gasteiger partial charge in [-0.25, -0.2) is 0 Å². The second kappa shape index (κ2) is 6.72. The van der Waals surface area contributed by atoms with Crippen LogP contribution in [0.3, 0.4) is 0 Å². The van der Waals surface area contributed by atoms with Crippen molar-refractivity contribution in [3.05, 3.63) is 59.1 Å². The van der Waals surface area contributed by atoms with Crippen LogP contribution in [0.2, 0.25) is 5.02 Å². The summed E-state index contributed by atoms with van der Waals surface area (Å²) >= 11 is 6.00. The van der Waals surface area contributed by atoms with Crippen LogP contribution < -0.4 is 5.32 Å². The van der Waals surface area contributed by atoms with Crippen LogP contribution in [0, 0.1) is 11.5 Å². The average Bonchev–Trinajstić information content (AvgIpc) is 3.02. The van der Waals surface area contributed by atoms with Crippen molar-refractivity contribution in [2.45, 2.75) is 12.5 Å². The fourth-order valence-corrected chi connectivity index (χ4v) is 2.91. The number of nitrogens with one attached hydrogen (secondary N) is 1. The molecule has 1 aliphatic rings. The van der Waals surface area contributed by atoms with E-state index in [2.05, 4.69) is 11.5 Å². The molecule has 0 spiro atoms. The SMILES string of the molecule is N#CN1CCC(NC(=O)c2ccc(-c3cccc(Cl)c3)cc2)C1. The van der Waals surface area contributed by atoms with Crippen LogP contribution in [0.5, 0.6) is 0 Å². The van der Waals surface area contributed by atoms with E-state index in [0.29, 0.717) is 23.7 Å². The summed E-state index contributed by atoms with van der Waals surface area (Å²) < 4.78 is 0. The summed E-state index contributed by atoms with van der Waals surface area (Å²) in [6, 6.07) is 15.1. The third kappa shape index (κ3) is 3.64. The highest BCUT2D eigenvalue weighted by Crippen LogP contribution is 2.23. The van der Waals surface area contributed by atoms with E-state index < -0.39 is 0 Å². The van der Waals surface area contributed by atoms with Gasteiger partial charge in [-0.3, -0.25) is 4.79 Å². The van der Waals surface area contributed by atoms with E-state index in [-0.39, 0.29) is 11.9 Å². The summed E-state index contributed by atoms with van der Waals surface area (Å²) in [5.74, 6) is -0.104. The largest absolute Gasteiger partial charge is 0.347 e. The Bertz CT molecular complexity index is 752. The van der Waals surface area contributed by atoms with Crippen molar-refractivity contribution >= 4 is 17.5 Å². The number of likely N-dealkylation sites (tertiary alicyclic amines) is 1. The molecule has 0 bridgehead atoms. The zero-order valence-corrected chi connectivity index (χ0v) is 13.3. The maximum Gasteiger partial charge on any atom is 0.251 e. The summed E-state index contributed by atoms with van der Waals surface area (Å²) in [6.45, 7) is 1.29. The smallest absolute Gasteiger partial charge is 0.251 e. The van der Waals surface area contributed by atoms with Crippen LogP contribution in [0.25, 0.3) is 11.1 Å². The lowest BCUT2D eigenvalue weighted by molar-refractivity contribution is 0.0939. The minimum Gasteiger partial charge on any atom is -0.347 e. The van der Waals surface area contributed by atoms with Crippen molar-refractivity contribution < 1.29 is 4.79 Å². The molecule has 5 heteroatoms. The lowest BCUT2D eigenvalue weighted by atomic mass is 10.0. The minimum absolute atomic E-state index is 0.0368. The van der Waals surface area contributed by atoms with Gasteiger partial charge in [0.2, 0.25) is 0 Å². The molecule has 1 saturated heterocycles. The summed E-state index contributed by atoms with van der Waals surface area (Å²) in [5, 5.41) is 12.5. The molecule has 1 aliphatic heterocycles. The molecule has 116 valence electrons. The van der Waals surface area contributed by atoms with E-state index in [1.54, 1.807) is 4.90 Å². The molecule has 3 rings (SSSR count). The molecule has 1 N–H and O–H groups in total. The van der Waals surface area contributed by atoms with Crippen LogP contribution in [-0.4, -0.2) is 29.9 Å². The first-order valence-corrected chi connectivity index (χ1v) is 7.85. The maximum atomic E-state index is 12.3. The molecule has 1 atom stereocenters. The number of carbonyl (C=O) groups excluding carboxylic acids is 1. The van der Waals surface area contributed by atoms with Gasteiger partial charge in [0.1, 0.15) is 0 Å². The van der Waals surface area contributed by atoms with Gasteiger partial charge in [0.15, 0.2) is 6.19 Å². The van der Waals surface area contributed by atoms with Crippen molar-refractivity contribution in [2.75, 3.05) is 13.1 Å². The molecule has 0 aromatic heterocycles. The molecule has 1 heterocycles. The normalized spacial score (nSPS) is 16.9. The van der Waals surface area contributed by atoms with Gasteiger partial charge in [0, 0.05) is 29.7 Å². The van der Waals surface area contributed by atoms with Crippen molar-refractivity contribution in [3.63, 3.8) is 0 Å². The minimum atomic E-state index is -0.104. The Morgan fingerprint density at radius 2 is 2.00 bits per heavy atom. The van der Waals surface area contributed by atoms with E-state index in [1.807, 2.05) is 48.5 Å². The number of nitrogens with zero attached hydrogens (tertiary/aromatic N) is 2. The Hall–Kier alpha value is -2.51. The molecule has 0 radical (unpaired) electrons. The molecule has 1 amide bonds. The first-order valence-electron chi connectivity index (χ1n) is 7.47. The van der Waals surface area contributed by atoms with Crippen LogP contribution in [-0.2, 0) is 0 Å². The van der Waals surface area contributed by atoms with E-state index >= 15 is 0 Å². The molecule has 1 unspecified atom stereocenters. The molecular formula is C18H16ClN3O. The Morgan fingerprint density at radius 1 is 1.22 bits per heavy atom. The number of nitriles is 1.